The summed E-state index contributed by atoms with van der Waals surface area (Å²) in [6.07, 6.45) is 6.96. The number of hydrogen-bond donors (Lipinski definition) is 2. The number of nitro groups is 1. The molecule has 1 atom stereocenters. The van der Waals surface area contributed by atoms with Gasteiger partial charge < -0.3 is 20.0 Å². The summed E-state index contributed by atoms with van der Waals surface area (Å²) < 4.78 is 0. The van der Waals surface area contributed by atoms with Crippen molar-refractivity contribution < 1.29 is 24.7 Å². The van der Waals surface area contributed by atoms with Gasteiger partial charge in [-0.15, -0.1) is 0 Å². The molecule has 0 fully saturated rings. The Morgan fingerprint density at radius 2 is 1.70 bits per heavy atom. The zero-order valence-corrected chi connectivity index (χ0v) is 26.2. The zero-order valence-electron chi connectivity index (χ0n) is 26.2. The Labute approximate surface area is 267 Å². The van der Waals surface area contributed by atoms with E-state index in [0.717, 1.165) is 39.0 Å². The second-order valence-electron chi connectivity index (χ2n) is 12.7. The molecule has 10 nitrogen and oxygen atoms in total. The highest BCUT2D eigenvalue weighted by Crippen LogP contribution is 2.51. The van der Waals surface area contributed by atoms with Crippen LogP contribution >= 0.6 is 0 Å². The number of hydrogen-bond acceptors (Lipinski definition) is 7. The van der Waals surface area contributed by atoms with Crippen LogP contribution in [-0.4, -0.2) is 46.2 Å². The number of non-ortho nitro benzene ring substituents is 1. The van der Waals surface area contributed by atoms with Gasteiger partial charge in [0.05, 0.1) is 41.1 Å². The number of benzene rings is 3. The second kappa shape index (κ2) is 12.2. The highest BCUT2D eigenvalue weighted by atomic mass is 16.6. The summed E-state index contributed by atoms with van der Waals surface area (Å²) in [6, 6.07) is 18.6. The third-order valence-corrected chi connectivity index (χ3v) is 9.17. The normalized spacial score (nSPS) is 19.0. The number of nitro benzene ring substituents is 1. The molecule has 0 radical (unpaired) electrons. The number of nitriles is 1. The number of carboxylic acid groups (broad SMARTS) is 2. The van der Waals surface area contributed by atoms with Gasteiger partial charge in [-0.2, -0.15) is 5.26 Å². The summed E-state index contributed by atoms with van der Waals surface area (Å²) in [5.74, 6) is -1.86. The third kappa shape index (κ3) is 5.72. The molecule has 5 rings (SSSR count). The fraction of sp³-hybridized carbons (Fsp3) is 0.306. The number of nitrogens with zero attached hydrogens (tertiary/aromatic N) is 4. The molecule has 0 bridgehead atoms. The molecule has 2 aliphatic rings. The van der Waals surface area contributed by atoms with E-state index in [1.54, 1.807) is 18.2 Å². The SMILES string of the molecule is CC1(C)\C(=C/C=C(C#N)/C=C/C2N(CCC(=O)O)c3ccc([N+](=O)[O-])cc3C2(C)C)N(CCC(=O)O)c2c1ccc1ccccc21. The maximum atomic E-state index is 11.6. The number of rotatable bonds is 10. The highest BCUT2D eigenvalue weighted by molar-refractivity contribution is 5.99. The van der Waals surface area contributed by atoms with Gasteiger partial charge in [0, 0.05) is 52.8 Å². The Balaban J connectivity index is 1.54. The largest absolute Gasteiger partial charge is 0.481 e. The molecule has 1 unspecified atom stereocenters. The van der Waals surface area contributed by atoms with E-state index in [9.17, 15) is 35.2 Å². The fourth-order valence-corrected chi connectivity index (χ4v) is 6.80. The molecule has 2 aliphatic heterocycles. The molecule has 2 heterocycles. The maximum Gasteiger partial charge on any atom is 0.305 e. The molecular formula is C36H36N4O6. The first-order chi connectivity index (χ1) is 21.8. The van der Waals surface area contributed by atoms with E-state index in [4.69, 9.17) is 0 Å². The van der Waals surface area contributed by atoms with Gasteiger partial charge in [0.2, 0.25) is 0 Å². The van der Waals surface area contributed by atoms with Gasteiger partial charge in [-0.05, 0) is 40.8 Å². The Morgan fingerprint density at radius 1 is 1.00 bits per heavy atom. The van der Waals surface area contributed by atoms with Crippen molar-refractivity contribution in [3.05, 3.63) is 111 Å². The summed E-state index contributed by atoms with van der Waals surface area (Å²) in [5.41, 5.74) is 3.56. The topological polar surface area (TPSA) is 148 Å². The quantitative estimate of drug-likeness (QED) is 0.107. The Bertz CT molecular complexity index is 1880. The lowest BCUT2D eigenvalue weighted by Crippen LogP contribution is -2.41. The number of carboxylic acids is 2. The number of aliphatic carboxylic acids is 2. The van der Waals surface area contributed by atoms with Crippen molar-refractivity contribution in [1.82, 2.24) is 0 Å². The van der Waals surface area contributed by atoms with Crippen molar-refractivity contribution in [3.63, 3.8) is 0 Å². The minimum atomic E-state index is -0.958. The fourth-order valence-electron chi connectivity index (χ4n) is 6.80. The first-order valence-corrected chi connectivity index (χ1v) is 15.1. The summed E-state index contributed by atoms with van der Waals surface area (Å²) in [6.45, 7) is 8.52. The summed E-state index contributed by atoms with van der Waals surface area (Å²) in [4.78, 5) is 38.2. The second-order valence-corrected chi connectivity index (χ2v) is 12.7. The van der Waals surface area contributed by atoms with Crippen LogP contribution in [0, 0.1) is 21.4 Å². The van der Waals surface area contributed by atoms with Crippen molar-refractivity contribution in [1.29, 1.82) is 5.26 Å². The average molecular weight is 621 g/mol. The molecule has 3 aromatic carbocycles. The first-order valence-electron chi connectivity index (χ1n) is 15.1. The van der Waals surface area contributed by atoms with Gasteiger partial charge in [0.1, 0.15) is 0 Å². The van der Waals surface area contributed by atoms with Crippen LogP contribution in [0.15, 0.2) is 90.2 Å². The molecule has 0 amide bonds. The number of fused-ring (bicyclic) bond motifs is 4. The van der Waals surface area contributed by atoms with E-state index in [-0.39, 0.29) is 37.7 Å². The van der Waals surface area contributed by atoms with Gasteiger partial charge in [-0.3, -0.25) is 19.7 Å². The molecule has 46 heavy (non-hydrogen) atoms. The van der Waals surface area contributed by atoms with Crippen molar-refractivity contribution in [2.45, 2.75) is 57.4 Å². The Morgan fingerprint density at radius 3 is 2.37 bits per heavy atom. The van der Waals surface area contributed by atoms with E-state index in [2.05, 4.69) is 32.0 Å². The van der Waals surface area contributed by atoms with Crippen molar-refractivity contribution >= 4 is 39.8 Å². The van der Waals surface area contributed by atoms with E-state index >= 15 is 0 Å². The van der Waals surface area contributed by atoms with Gasteiger partial charge in [0.15, 0.2) is 0 Å². The van der Waals surface area contributed by atoms with Crippen LogP contribution < -0.4 is 9.80 Å². The predicted molar refractivity (Wildman–Crippen MR) is 177 cm³/mol. The van der Waals surface area contributed by atoms with Crippen molar-refractivity contribution in [2.24, 2.45) is 0 Å². The lowest BCUT2D eigenvalue weighted by molar-refractivity contribution is -0.384. The molecule has 3 aromatic rings. The molecule has 0 aromatic heterocycles. The number of anilines is 2. The van der Waals surface area contributed by atoms with E-state index in [1.165, 1.54) is 12.1 Å². The standard InChI is InChI=1S/C36H36N4O6/c1-35(2)27-13-11-24-7-5-6-8-26(24)34(27)39(20-18-33(43)44)31(35)16-10-23(22-37)9-15-30-36(3,4)28-21-25(40(45)46)12-14-29(28)38(30)19-17-32(41)42/h5-16,21,30H,17-20H2,1-4H3,(H,41,42)(H,43,44)/b15-9+,23-10-,31-16+. The third-order valence-electron chi connectivity index (χ3n) is 9.17. The van der Waals surface area contributed by atoms with Crippen LogP contribution in [0.5, 0.6) is 0 Å². The molecular weight excluding hydrogens is 584 g/mol. The molecule has 10 heteroatoms. The number of allylic oxidation sites excluding steroid dienone is 5. The van der Waals surface area contributed by atoms with Crippen LogP contribution in [0.3, 0.4) is 0 Å². The van der Waals surface area contributed by atoms with E-state index in [0.29, 0.717) is 5.57 Å². The minimum absolute atomic E-state index is 0.0423. The van der Waals surface area contributed by atoms with Gasteiger partial charge in [-0.25, -0.2) is 0 Å². The van der Waals surface area contributed by atoms with Crippen molar-refractivity contribution in [3.8, 4) is 6.07 Å². The molecule has 0 saturated carbocycles. The van der Waals surface area contributed by atoms with Crippen molar-refractivity contribution in [2.75, 3.05) is 22.9 Å². The lowest BCUT2D eigenvalue weighted by atomic mass is 9.80. The first kappa shape index (κ1) is 32.0. The summed E-state index contributed by atoms with van der Waals surface area (Å²) >= 11 is 0. The molecule has 236 valence electrons. The smallest absolute Gasteiger partial charge is 0.305 e. The molecule has 2 N–H and O–H groups in total. The highest BCUT2D eigenvalue weighted by Gasteiger charge is 2.44. The van der Waals surface area contributed by atoms with Crippen LogP contribution in [-0.2, 0) is 20.4 Å². The Kier molecular flexibility index (Phi) is 8.46. The van der Waals surface area contributed by atoms with Gasteiger partial charge in [-0.1, -0.05) is 70.2 Å². The molecule has 0 saturated heterocycles. The summed E-state index contributed by atoms with van der Waals surface area (Å²) in [5, 5.41) is 42.7. The molecule has 0 aliphatic carbocycles. The maximum absolute atomic E-state index is 11.6. The predicted octanol–water partition coefficient (Wildman–Crippen LogP) is 6.85. The minimum Gasteiger partial charge on any atom is -0.481 e. The monoisotopic (exact) mass is 620 g/mol. The van der Waals surface area contributed by atoms with Crippen LogP contribution in [0.4, 0.5) is 17.1 Å². The number of carbonyl (C=O) groups is 2. The molecule has 0 spiro atoms. The Hall–Kier alpha value is -5.43. The zero-order chi connectivity index (χ0) is 33.4. The van der Waals surface area contributed by atoms with Gasteiger partial charge in [0.25, 0.3) is 5.69 Å². The van der Waals surface area contributed by atoms with E-state index < -0.39 is 27.7 Å². The lowest BCUT2D eigenvalue weighted by Gasteiger charge is -2.32. The van der Waals surface area contributed by atoms with Crippen LogP contribution in [0.1, 0.15) is 51.7 Å². The average Bonchev–Trinajstić information content (AvgIpc) is 3.36. The van der Waals surface area contributed by atoms with Crippen LogP contribution in [0.2, 0.25) is 0 Å². The van der Waals surface area contributed by atoms with Gasteiger partial charge >= 0.3 is 11.9 Å². The van der Waals surface area contributed by atoms with Crippen LogP contribution in [0.25, 0.3) is 10.8 Å². The summed E-state index contributed by atoms with van der Waals surface area (Å²) in [7, 11) is 0. The van der Waals surface area contributed by atoms with E-state index in [1.807, 2.05) is 60.1 Å².